The summed E-state index contributed by atoms with van der Waals surface area (Å²) >= 11 is 0. The lowest BCUT2D eigenvalue weighted by atomic mass is 9.77. The fourth-order valence-electron chi connectivity index (χ4n) is 3.61. The van der Waals surface area contributed by atoms with Crippen LogP contribution in [0.15, 0.2) is 6.20 Å². The number of aromatic nitrogens is 2. The number of hydrogen-bond donors (Lipinski definition) is 1. The van der Waals surface area contributed by atoms with Gasteiger partial charge < -0.3 is 5.73 Å². The Labute approximate surface area is 129 Å². The lowest BCUT2D eigenvalue weighted by molar-refractivity contribution is 0.184. The quantitative estimate of drug-likeness (QED) is 0.932. The highest BCUT2D eigenvalue weighted by molar-refractivity contribution is 5.21. The standard InChI is InChI=1S/C17H32N4/c1-13-15(12-19-20(13)5)16(11-18)21-9-6-7-14(8-10-21)17(2,3)4/h12,14,16H,6-11,18H2,1-5H3. The lowest BCUT2D eigenvalue weighted by Gasteiger charge is -2.32. The predicted octanol–water partition coefficient (Wildman–Crippen LogP) is 2.88. The second-order valence-electron chi connectivity index (χ2n) is 7.59. The molecule has 0 saturated carbocycles. The van der Waals surface area contributed by atoms with Crippen molar-refractivity contribution >= 4 is 0 Å². The number of nitrogens with two attached hydrogens (primary N) is 1. The van der Waals surface area contributed by atoms with Crippen molar-refractivity contribution in [1.29, 1.82) is 0 Å². The molecule has 4 nitrogen and oxygen atoms in total. The molecule has 0 radical (unpaired) electrons. The average molecular weight is 292 g/mol. The monoisotopic (exact) mass is 292 g/mol. The molecular formula is C17H32N4. The van der Waals surface area contributed by atoms with Crippen LogP contribution in [0.2, 0.25) is 0 Å². The van der Waals surface area contributed by atoms with Crippen molar-refractivity contribution in [2.45, 2.75) is 53.0 Å². The van der Waals surface area contributed by atoms with E-state index in [1.165, 1.54) is 30.5 Å². The van der Waals surface area contributed by atoms with E-state index in [-0.39, 0.29) is 0 Å². The van der Waals surface area contributed by atoms with Crippen LogP contribution in [0.1, 0.15) is 57.3 Å². The molecule has 1 aromatic rings. The first-order valence-electron chi connectivity index (χ1n) is 8.27. The molecule has 1 aromatic heterocycles. The fraction of sp³-hybridized carbons (Fsp3) is 0.824. The van der Waals surface area contributed by atoms with Crippen LogP contribution in [0.25, 0.3) is 0 Å². The molecule has 1 fully saturated rings. The number of likely N-dealkylation sites (tertiary alicyclic amines) is 1. The Kier molecular flexibility index (Phi) is 5.10. The van der Waals surface area contributed by atoms with Gasteiger partial charge in [0.15, 0.2) is 0 Å². The summed E-state index contributed by atoms with van der Waals surface area (Å²) in [5, 5.41) is 4.39. The minimum absolute atomic E-state index is 0.317. The third kappa shape index (κ3) is 3.67. The molecule has 1 aliphatic rings. The van der Waals surface area contributed by atoms with E-state index in [4.69, 9.17) is 5.73 Å². The lowest BCUT2D eigenvalue weighted by Crippen LogP contribution is -2.35. The smallest absolute Gasteiger partial charge is 0.0540 e. The van der Waals surface area contributed by atoms with E-state index >= 15 is 0 Å². The van der Waals surface area contributed by atoms with Crippen LogP contribution >= 0.6 is 0 Å². The maximum absolute atomic E-state index is 6.11. The van der Waals surface area contributed by atoms with Crippen LogP contribution in [0.5, 0.6) is 0 Å². The molecule has 0 aromatic carbocycles. The van der Waals surface area contributed by atoms with Crippen molar-refractivity contribution in [2.24, 2.45) is 24.1 Å². The predicted molar refractivity (Wildman–Crippen MR) is 88.1 cm³/mol. The Morgan fingerprint density at radius 1 is 1.33 bits per heavy atom. The molecule has 21 heavy (non-hydrogen) atoms. The summed E-state index contributed by atoms with van der Waals surface area (Å²) in [6, 6.07) is 0.317. The molecule has 0 bridgehead atoms. The summed E-state index contributed by atoms with van der Waals surface area (Å²) in [4.78, 5) is 2.58. The Balaban J connectivity index is 2.11. The van der Waals surface area contributed by atoms with Crippen molar-refractivity contribution in [3.8, 4) is 0 Å². The van der Waals surface area contributed by atoms with Gasteiger partial charge in [-0.05, 0) is 50.6 Å². The summed E-state index contributed by atoms with van der Waals surface area (Å²) in [6.07, 6.45) is 5.89. The third-order valence-electron chi connectivity index (χ3n) is 5.28. The van der Waals surface area contributed by atoms with Gasteiger partial charge in [-0.15, -0.1) is 0 Å². The van der Waals surface area contributed by atoms with E-state index in [2.05, 4.69) is 37.7 Å². The normalized spacial score (nSPS) is 23.0. The molecule has 2 atom stereocenters. The fourth-order valence-corrected chi connectivity index (χ4v) is 3.61. The maximum Gasteiger partial charge on any atom is 0.0540 e. The van der Waals surface area contributed by atoms with Gasteiger partial charge in [0.2, 0.25) is 0 Å². The van der Waals surface area contributed by atoms with Crippen LogP contribution in [0.4, 0.5) is 0 Å². The molecule has 2 N–H and O–H groups in total. The third-order valence-corrected chi connectivity index (χ3v) is 5.28. The van der Waals surface area contributed by atoms with Gasteiger partial charge in [-0.25, -0.2) is 0 Å². The van der Waals surface area contributed by atoms with Crippen LogP contribution in [0.3, 0.4) is 0 Å². The number of rotatable bonds is 3. The van der Waals surface area contributed by atoms with E-state index in [0.29, 0.717) is 18.0 Å². The van der Waals surface area contributed by atoms with Gasteiger partial charge in [0.05, 0.1) is 12.2 Å². The zero-order chi connectivity index (χ0) is 15.6. The number of nitrogens with zero attached hydrogens (tertiary/aromatic N) is 3. The van der Waals surface area contributed by atoms with Crippen LogP contribution in [0, 0.1) is 18.3 Å². The van der Waals surface area contributed by atoms with Crippen molar-refractivity contribution in [2.75, 3.05) is 19.6 Å². The largest absolute Gasteiger partial charge is 0.329 e. The van der Waals surface area contributed by atoms with Crippen molar-refractivity contribution in [1.82, 2.24) is 14.7 Å². The van der Waals surface area contributed by atoms with Gasteiger partial charge in [0.25, 0.3) is 0 Å². The van der Waals surface area contributed by atoms with Gasteiger partial charge in [-0.3, -0.25) is 9.58 Å². The second-order valence-corrected chi connectivity index (χ2v) is 7.59. The Morgan fingerprint density at radius 2 is 2.05 bits per heavy atom. The first-order valence-corrected chi connectivity index (χ1v) is 8.27. The Bertz CT molecular complexity index is 458. The molecule has 0 aliphatic carbocycles. The highest BCUT2D eigenvalue weighted by Crippen LogP contribution is 2.36. The maximum atomic E-state index is 6.11. The zero-order valence-electron chi connectivity index (χ0n) is 14.4. The van der Waals surface area contributed by atoms with E-state index in [1.54, 1.807) is 0 Å². The van der Waals surface area contributed by atoms with E-state index < -0.39 is 0 Å². The summed E-state index contributed by atoms with van der Waals surface area (Å²) in [7, 11) is 2.00. The van der Waals surface area contributed by atoms with Crippen LogP contribution in [-0.4, -0.2) is 34.3 Å². The van der Waals surface area contributed by atoms with Gasteiger partial charge in [0.1, 0.15) is 0 Å². The molecule has 1 aliphatic heterocycles. The Morgan fingerprint density at radius 3 is 2.57 bits per heavy atom. The van der Waals surface area contributed by atoms with E-state index in [0.717, 1.165) is 19.0 Å². The second kappa shape index (κ2) is 6.49. The van der Waals surface area contributed by atoms with Gasteiger partial charge in [-0.2, -0.15) is 5.10 Å². The molecule has 120 valence electrons. The minimum Gasteiger partial charge on any atom is -0.329 e. The highest BCUT2D eigenvalue weighted by Gasteiger charge is 2.30. The topological polar surface area (TPSA) is 47.1 Å². The summed E-state index contributed by atoms with van der Waals surface area (Å²) in [5.74, 6) is 0.816. The van der Waals surface area contributed by atoms with Crippen molar-refractivity contribution < 1.29 is 0 Å². The first-order chi connectivity index (χ1) is 9.84. The highest BCUT2D eigenvalue weighted by atomic mass is 15.3. The molecular weight excluding hydrogens is 260 g/mol. The summed E-state index contributed by atoms with van der Waals surface area (Å²) < 4.78 is 1.95. The molecule has 2 unspecified atom stereocenters. The molecule has 0 spiro atoms. The SMILES string of the molecule is Cc1c(C(CN)N2CCCC(C(C)(C)C)CC2)cnn1C. The summed E-state index contributed by atoms with van der Waals surface area (Å²) in [6.45, 7) is 12.2. The van der Waals surface area contributed by atoms with Crippen LogP contribution in [-0.2, 0) is 7.05 Å². The zero-order valence-corrected chi connectivity index (χ0v) is 14.4. The van der Waals surface area contributed by atoms with Crippen molar-refractivity contribution in [3.05, 3.63) is 17.5 Å². The van der Waals surface area contributed by atoms with Gasteiger partial charge >= 0.3 is 0 Å². The molecule has 0 amide bonds. The Hall–Kier alpha value is -0.870. The minimum atomic E-state index is 0.317. The van der Waals surface area contributed by atoms with Gasteiger partial charge in [0, 0.05) is 24.8 Å². The molecule has 4 heteroatoms. The molecule has 2 rings (SSSR count). The van der Waals surface area contributed by atoms with Crippen LogP contribution < -0.4 is 5.73 Å². The van der Waals surface area contributed by atoms with E-state index in [1.807, 2.05) is 17.9 Å². The molecule has 1 saturated heterocycles. The average Bonchev–Trinajstić information content (AvgIpc) is 2.65. The molecule has 2 heterocycles. The van der Waals surface area contributed by atoms with E-state index in [9.17, 15) is 0 Å². The van der Waals surface area contributed by atoms with Gasteiger partial charge in [-0.1, -0.05) is 20.8 Å². The number of hydrogen-bond acceptors (Lipinski definition) is 3. The van der Waals surface area contributed by atoms with Crippen molar-refractivity contribution in [3.63, 3.8) is 0 Å². The summed E-state index contributed by atoms with van der Waals surface area (Å²) in [5.41, 5.74) is 9.06. The first kappa shape index (κ1) is 16.5. The number of aryl methyl sites for hydroxylation is 1.